The zero-order chi connectivity index (χ0) is 11.3. The molecule has 0 unspecified atom stereocenters. The average molecular weight is 230 g/mol. The zero-order valence-corrected chi connectivity index (χ0v) is 8.72. The fourth-order valence-electron chi connectivity index (χ4n) is 0.860. The van der Waals surface area contributed by atoms with E-state index in [0.29, 0.717) is 5.69 Å². The SMILES string of the molecule is COC(=O)/C=C/Nc1ccc(F)c(Cl)c1. The lowest BCUT2D eigenvalue weighted by Gasteiger charge is -2.01. The van der Waals surface area contributed by atoms with Crippen LogP contribution in [0.4, 0.5) is 10.1 Å². The molecule has 0 aliphatic carbocycles. The topological polar surface area (TPSA) is 38.3 Å². The molecule has 1 N–H and O–H groups in total. The molecule has 80 valence electrons. The van der Waals surface area contributed by atoms with Crippen molar-refractivity contribution in [2.45, 2.75) is 0 Å². The quantitative estimate of drug-likeness (QED) is 0.640. The van der Waals surface area contributed by atoms with E-state index in [0.717, 1.165) is 0 Å². The van der Waals surface area contributed by atoms with Gasteiger partial charge in [-0.05, 0) is 18.2 Å². The molecule has 15 heavy (non-hydrogen) atoms. The summed E-state index contributed by atoms with van der Waals surface area (Å²) in [6.45, 7) is 0. The fourth-order valence-corrected chi connectivity index (χ4v) is 1.04. The Morgan fingerprint density at radius 2 is 2.33 bits per heavy atom. The van der Waals surface area contributed by atoms with Crippen LogP contribution < -0.4 is 5.32 Å². The Bertz CT molecular complexity index is 393. The average Bonchev–Trinajstić information content (AvgIpc) is 2.23. The Morgan fingerprint density at radius 3 is 2.93 bits per heavy atom. The van der Waals surface area contributed by atoms with E-state index < -0.39 is 11.8 Å². The van der Waals surface area contributed by atoms with E-state index in [-0.39, 0.29) is 5.02 Å². The van der Waals surface area contributed by atoms with Gasteiger partial charge in [-0.25, -0.2) is 9.18 Å². The van der Waals surface area contributed by atoms with Crippen LogP contribution >= 0.6 is 11.6 Å². The van der Waals surface area contributed by atoms with Gasteiger partial charge in [0.1, 0.15) is 5.82 Å². The number of benzene rings is 1. The molecule has 0 radical (unpaired) electrons. The second-order valence-corrected chi connectivity index (χ2v) is 3.04. The van der Waals surface area contributed by atoms with E-state index in [2.05, 4.69) is 10.1 Å². The Hall–Kier alpha value is -1.55. The lowest BCUT2D eigenvalue weighted by molar-refractivity contribution is -0.134. The molecule has 0 bridgehead atoms. The van der Waals surface area contributed by atoms with Crippen LogP contribution in [0.15, 0.2) is 30.5 Å². The van der Waals surface area contributed by atoms with E-state index in [1.54, 1.807) is 0 Å². The van der Waals surface area contributed by atoms with Crippen LogP contribution in [-0.4, -0.2) is 13.1 Å². The number of hydrogen-bond donors (Lipinski definition) is 1. The Labute approximate surface area is 91.5 Å². The molecule has 5 heteroatoms. The second-order valence-electron chi connectivity index (χ2n) is 2.63. The van der Waals surface area contributed by atoms with E-state index in [1.807, 2.05) is 0 Å². The van der Waals surface area contributed by atoms with Crippen LogP contribution in [-0.2, 0) is 9.53 Å². The van der Waals surface area contributed by atoms with Crippen molar-refractivity contribution in [2.75, 3.05) is 12.4 Å². The van der Waals surface area contributed by atoms with Crippen LogP contribution in [0.1, 0.15) is 0 Å². The van der Waals surface area contributed by atoms with E-state index in [1.165, 1.54) is 37.6 Å². The number of anilines is 1. The van der Waals surface area contributed by atoms with Gasteiger partial charge >= 0.3 is 5.97 Å². The highest BCUT2D eigenvalue weighted by Gasteiger charge is 1.99. The maximum atomic E-state index is 12.8. The molecular formula is C10H9ClFNO2. The molecule has 0 saturated carbocycles. The summed E-state index contributed by atoms with van der Waals surface area (Å²) in [6, 6.07) is 4.15. The molecule has 0 heterocycles. The normalized spacial score (nSPS) is 10.3. The fraction of sp³-hybridized carbons (Fsp3) is 0.100. The number of esters is 1. The Morgan fingerprint density at radius 1 is 1.60 bits per heavy atom. The van der Waals surface area contributed by atoms with Crippen molar-refractivity contribution in [3.05, 3.63) is 41.3 Å². The minimum absolute atomic E-state index is 0.0199. The standard InChI is InChI=1S/C10H9ClFNO2/c1-15-10(14)4-5-13-7-2-3-9(12)8(11)6-7/h2-6,13H,1H3/b5-4+. The first-order valence-corrected chi connectivity index (χ1v) is 4.47. The summed E-state index contributed by atoms with van der Waals surface area (Å²) in [4.78, 5) is 10.7. The molecule has 0 aliphatic heterocycles. The van der Waals surface area contributed by atoms with Crippen molar-refractivity contribution in [3.63, 3.8) is 0 Å². The third-order valence-corrected chi connectivity index (χ3v) is 1.88. The molecule has 0 spiro atoms. The van der Waals surface area contributed by atoms with Crippen LogP contribution in [0.5, 0.6) is 0 Å². The van der Waals surface area contributed by atoms with Crippen LogP contribution in [0.2, 0.25) is 5.02 Å². The summed E-state index contributed by atoms with van der Waals surface area (Å²) in [5, 5.41) is 2.77. The summed E-state index contributed by atoms with van der Waals surface area (Å²) in [7, 11) is 1.28. The van der Waals surface area contributed by atoms with Gasteiger partial charge in [-0.3, -0.25) is 0 Å². The van der Waals surface area contributed by atoms with Gasteiger partial charge in [-0.15, -0.1) is 0 Å². The Balaban J connectivity index is 2.62. The van der Waals surface area contributed by atoms with Gasteiger partial charge < -0.3 is 10.1 Å². The van der Waals surface area contributed by atoms with Crippen LogP contribution in [0.3, 0.4) is 0 Å². The highest BCUT2D eigenvalue weighted by atomic mass is 35.5. The van der Waals surface area contributed by atoms with Crippen molar-refractivity contribution in [2.24, 2.45) is 0 Å². The number of nitrogens with one attached hydrogen (secondary N) is 1. The van der Waals surface area contributed by atoms with Gasteiger partial charge in [-0.2, -0.15) is 0 Å². The highest BCUT2D eigenvalue weighted by Crippen LogP contribution is 2.19. The number of hydrogen-bond acceptors (Lipinski definition) is 3. The second kappa shape index (κ2) is 5.36. The first-order valence-electron chi connectivity index (χ1n) is 4.09. The van der Waals surface area contributed by atoms with Gasteiger partial charge in [0.25, 0.3) is 0 Å². The predicted octanol–water partition coefficient (Wildman–Crippen LogP) is 2.58. The van der Waals surface area contributed by atoms with E-state index >= 15 is 0 Å². The Kier molecular flexibility index (Phi) is 4.12. The van der Waals surface area contributed by atoms with Gasteiger partial charge in [0.15, 0.2) is 0 Å². The van der Waals surface area contributed by atoms with Crippen molar-refractivity contribution in [1.82, 2.24) is 0 Å². The summed E-state index contributed by atoms with van der Waals surface area (Å²) < 4.78 is 17.1. The lowest BCUT2D eigenvalue weighted by Crippen LogP contribution is -1.96. The maximum absolute atomic E-state index is 12.8. The predicted molar refractivity (Wildman–Crippen MR) is 56.2 cm³/mol. The third kappa shape index (κ3) is 3.59. The number of halogens is 2. The minimum atomic E-state index is -0.487. The molecule has 1 aromatic carbocycles. The molecular weight excluding hydrogens is 221 g/mol. The summed E-state index contributed by atoms with van der Waals surface area (Å²) in [5.74, 6) is -0.963. The lowest BCUT2D eigenvalue weighted by atomic mass is 10.3. The zero-order valence-electron chi connectivity index (χ0n) is 7.96. The first kappa shape index (κ1) is 11.5. The highest BCUT2D eigenvalue weighted by molar-refractivity contribution is 6.31. The summed E-state index contributed by atoms with van der Waals surface area (Å²) in [6.07, 6.45) is 2.59. The summed E-state index contributed by atoms with van der Waals surface area (Å²) >= 11 is 5.55. The van der Waals surface area contributed by atoms with Gasteiger partial charge in [0, 0.05) is 18.0 Å². The number of rotatable bonds is 3. The van der Waals surface area contributed by atoms with Crippen LogP contribution in [0, 0.1) is 5.82 Å². The molecule has 3 nitrogen and oxygen atoms in total. The molecule has 0 fully saturated rings. The number of methoxy groups -OCH3 is 1. The molecule has 0 amide bonds. The number of carbonyl (C=O) groups excluding carboxylic acids is 1. The van der Waals surface area contributed by atoms with Crippen molar-refractivity contribution in [1.29, 1.82) is 0 Å². The molecule has 0 aliphatic rings. The smallest absolute Gasteiger partial charge is 0.331 e. The summed E-state index contributed by atoms with van der Waals surface area (Å²) in [5.41, 5.74) is 0.585. The van der Waals surface area contributed by atoms with E-state index in [9.17, 15) is 9.18 Å². The third-order valence-electron chi connectivity index (χ3n) is 1.59. The molecule has 0 saturated heterocycles. The molecule has 0 aromatic heterocycles. The largest absolute Gasteiger partial charge is 0.466 e. The van der Waals surface area contributed by atoms with Crippen LogP contribution in [0.25, 0.3) is 0 Å². The van der Waals surface area contributed by atoms with E-state index in [4.69, 9.17) is 11.6 Å². The van der Waals surface area contributed by atoms with Gasteiger partial charge in [0.2, 0.25) is 0 Å². The molecule has 1 rings (SSSR count). The number of carbonyl (C=O) groups is 1. The van der Waals surface area contributed by atoms with Crippen molar-refractivity contribution < 1.29 is 13.9 Å². The van der Waals surface area contributed by atoms with Gasteiger partial charge in [-0.1, -0.05) is 11.6 Å². The maximum Gasteiger partial charge on any atom is 0.331 e. The van der Waals surface area contributed by atoms with Crippen molar-refractivity contribution in [3.8, 4) is 0 Å². The monoisotopic (exact) mass is 229 g/mol. The molecule has 1 aromatic rings. The minimum Gasteiger partial charge on any atom is -0.466 e. The van der Waals surface area contributed by atoms with Crippen molar-refractivity contribution >= 4 is 23.3 Å². The first-order chi connectivity index (χ1) is 7.13. The number of ether oxygens (including phenoxy) is 1. The molecule has 0 atom stereocenters. The van der Waals surface area contributed by atoms with Gasteiger partial charge in [0.05, 0.1) is 12.1 Å².